The number of rotatable bonds is 3. The molecule has 0 aromatic heterocycles. The van der Waals surface area contributed by atoms with Gasteiger partial charge in [-0.3, -0.25) is 0 Å². The molecule has 1 aromatic rings. The number of benzene rings is 1. The number of nitrogens with zero attached hydrogens (tertiary/aromatic N) is 1. The summed E-state index contributed by atoms with van der Waals surface area (Å²) in [4.78, 5) is 10.8. The van der Waals surface area contributed by atoms with Crippen LogP contribution in [0.5, 0.6) is 5.75 Å². The Hall–Kier alpha value is -1.43. The number of alkyl halides is 2. The Morgan fingerprint density at radius 1 is 1.56 bits per heavy atom. The van der Waals surface area contributed by atoms with Gasteiger partial charge in [0.05, 0.1) is 5.56 Å². The van der Waals surface area contributed by atoms with E-state index in [4.69, 9.17) is 10.4 Å². The zero-order valence-electron chi connectivity index (χ0n) is 7.58. The Balaban J connectivity index is 3.38. The van der Waals surface area contributed by atoms with Crippen molar-refractivity contribution in [2.24, 2.45) is 0 Å². The van der Waals surface area contributed by atoms with E-state index in [-0.39, 0.29) is 9.13 Å². The molecule has 0 aliphatic rings. The number of halogens is 3. The van der Waals surface area contributed by atoms with Gasteiger partial charge in [-0.15, -0.1) is 0 Å². The van der Waals surface area contributed by atoms with Crippen molar-refractivity contribution < 1.29 is 23.4 Å². The van der Waals surface area contributed by atoms with Crippen LogP contribution in [0.1, 0.15) is 15.9 Å². The van der Waals surface area contributed by atoms with Gasteiger partial charge >= 0.3 is 12.6 Å². The summed E-state index contributed by atoms with van der Waals surface area (Å²) in [7, 11) is 0. The van der Waals surface area contributed by atoms with E-state index in [1.807, 2.05) is 0 Å². The minimum absolute atomic E-state index is 0.281. The average Bonchev–Trinajstić information content (AvgIpc) is 2.18. The third-order valence-electron chi connectivity index (χ3n) is 1.66. The molecule has 0 unspecified atom stereocenters. The van der Waals surface area contributed by atoms with Gasteiger partial charge in [0.15, 0.2) is 0 Å². The molecule has 0 atom stereocenters. The van der Waals surface area contributed by atoms with Gasteiger partial charge < -0.3 is 9.84 Å². The van der Waals surface area contributed by atoms with Crippen molar-refractivity contribution >= 4 is 28.6 Å². The van der Waals surface area contributed by atoms with Gasteiger partial charge in [-0.05, 0) is 34.7 Å². The van der Waals surface area contributed by atoms with Gasteiger partial charge in [-0.25, -0.2) is 4.79 Å². The van der Waals surface area contributed by atoms with Gasteiger partial charge in [0.25, 0.3) is 0 Å². The van der Waals surface area contributed by atoms with Gasteiger partial charge in [0.2, 0.25) is 0 Å². The average molecular weight is 339 g/mol. The molecule has 7 heteroatoms. The van der Waals surface area contributed by atoms with Crippen LogP contribution in [-0.4, -0.2) is 17.7 Å². The fourth-order valence-electron chi connectivity index (χ4n) is 1.07. The van der Waals surface area contributed by atoms with E-state index in [0.717, 1.165) is 6.07 Å². The Labute approximate surface area is 103 Å². The van der Waals surface area contributed by atoms with Gasteiger partial charge in [-0.1, -0.05) is 0 Å². The Morgan fingerprint density at radius 3 is 2.62 bits per heavy atom. The monoisotopic (exact) mass is 339 g/mol. The molecule has 0 radical (unpaired) electrons. The first-order valence-corrected chi connectivity index (χ1v) is 4.96. The van der Waals surface area contributed by atoms with Crippen LogP contribution in [0.25, 0.3) is 0 Å². The van der Waals surface area contributed by atoms with Crippen LogP contribution in [0, 0.1) is 14.9 Å². The number of aromatic carboxylic acids is 1. The minimum atomic E-state index is -3.10. The first kappa shape index (κ1) is 12.6. The Kier molecular flexibility index (Phi) is 4.00. The molecule has 0 aliphatic carbocycles. The van der Waals surface area contributed by atoms with Crippen molar-refractivity contribution in [3.63, 3.8) is 0 Å². The van der Waals surface area contributed by atoms with Crippen LogP contribution in [0.2, 0.25) is 0 Å². The van der Waals surface area contributed by atoms with E-state index in [0.29, 0.717) is 0 Å². The van der Waals surface area contributed by atoms with E-state index >= 15 is 0 Å². The highest BCUT2D eigenvalue weighted by Crippen LogP contribution is 2.27. The second-order valence-electron chi connectivity index (χ2n) is 2.59. The highest BCUT2D eigenvalue weighted by molar-refractivity contribution is 14.1. The van der Waals surface area contributed by atoms with E-state index in [2.05, 4.69) is 4.74 Å². The molecule has 0 saturated heterocycles. The predicted octanol–water partition coefficient (Wildman–Crippen LogP) is 2.46. The van der Waals surface area contributed by atoms with Gasteiger partial charge in [0, 0.05) is 3.57 Å². The molecular weight excluding hydrogens is 335 g/mol. The van der Waals surface area contributed by atoms with Crippen molar-refractivity contribution in [2.45, 2.75) is 6.61 Å². The molecule has 1 rings (SSSR count). The zero-order chi connectivity index (χ0) is 12.3. The molecule has 1 N–H and O–H groups in total. The van der Waals surface area contributed by atoms with E-state index in [9.17, 15) is 13.6 Å². The molecule has 0 fully saturated rings. The van der Waals surface area contributed by atoms with Crippen LogP contribution in [-0.2, 0) is 0 Å². The molecule has 0 heterocycles. The third kappa shape index (κ3) is 2.57. The topological polar surface area (TPSA) is 70.3 Å². The first-order valence-electron chi connectivity index (χ1n) is 3.88. The predicted molar refractivity (Wildman–Crippen MR) is 57.5 cm³/mol. The van der Waals surface area contributed by atoms with Crippen molar-refractivity contribution in [1.82, 2.24) is 0 Å². The summed E-state index contributed by atoms with van der Waals surface area (Å²) in [5, 5.41) is 17.6. The summed E-state index contributed by atoms with van der Waals surface area (Å²) >= 11 is 1.70. The fourth-order valence-corrected chi connectivity index (χ4v) is 1.75. The van der Waals surface area contributed by atoms with E-state index < -0.39 is 23.9 Å². The maximum atomic E-state index is 12.0. The van der Waals surface area contributed by atoms with Crippen molar-refractivity contribution in [3.8, 4) is 11.8 Å². The van der Waals surface area contributed by atoms with E-state index in [1.54, 1.807) is 28.7 Å². The number of hydrogen-bond acceptors (Lipinski definition) is 3. The summed E-state index contributed by atoms with van der Waals surface area (Å²) in [6, 6.07) is 3.98. The number of hydrogen-bond donors (Lipinski definition) is 1. The maximum absolute atomic E-state index is 12.0. The summed E-state index contributed by atoms with van der Waals surface area (Å²) in [6.07, 6.45) is 0. The highest BCUT2D eigenvalue weighted by atomic mass is 127. The van der Waals surface area contributed by atoms with Gasteiger partial charge in [-0.2, -0.15) is 14.0 Å². The SMILES string of the molecule is N#Cc1c(OC(F)F)ccc(I)c1C(=O)O. The quantitative estimate of drug-likeness (QED) is 0.859. The lowest BCUT2D eigenvalue weighted by Crippen LogP contribution is -2.09. The zero-order valence-corrected chi connectivity index (χ0v) is 9.73. The summed E-state index contributed by atoms with van der Waals surface area (Å²) < 4.78 is 28.3. The standard InChI is InChI=1S/C9H4F2INO3/c10-9(11)16-6-2-1-5(12)7(8(14)15)4(6)3-13/h1-2,9H,(H,14,15). The number of ether oxygens (including phenoxy) is 1. The molecule has 16 heavy (non-hydrogen) atoms. The lowest BCUT2D eigenvalue weighted by Gasteiger charge is -2.09. The minimum Gasteiger partial charge on any atom is -0.478 e. The van der Waals surface area contributed by atoms with Crippen molar-refractivity contribution in [1.29, 1.82) is 5.26 Å². The fraction of sp³-hybridized carbons (Fsp3) is 0.111. The van der Waals surface area contributed by atoms with Crippen LogP contribution in [0.3, 0.4) is 0 Å². The molecule has 0 saturated carbocycles. The molecule has 0 amide bonds. The maximum Gasteiger partial charge on any atom is 0.387 e. The smallest absolute Gasteiger partial charge is 0.387 e. The highest BCUT2D eigenvalue weighted by Gasteiger charge is 2.20. The van der Waals surface area contributed by atoms with Crippen LogP contribution in [0.4, 0.5) is 8.78 Å². The van der Waals surface area contributed by atoms with Crippen LogP contribution >= 0.6 is 22.6 Å². The number of carbonyl (C=O) groups is 1. The van der Waals surface area contributed by atoms with Crippen molar-refractivity contribution in [2.75, 3.05) is 0 Å². The number of nitriles is 1. The lowest BCUT2D eigenvalue weighted by molar-refractivity contribution is -0.0501. The largest absolute Gasteiger partial charge is 0.478 e. The lowest BCUT2D eigenvalue weighted by atomic mass is 10.1. The Bertz CT molecular complexity index is 471. The van der Waals surface area contributed by atoms with Crippen LogP contribution < -0.4 is 4.74 Å². The van der Waals surface area contributed by atoms with E-state index in [1.165, 1.54) is 6.07 Å². The molecule has 84 valence electrons. The molecular formula is C9H4F2INO3. The van der Waals surface area contributed by atoms with Crippen molar-refractivity contribution in [3.05, 3.63) is 26.8 Å². The third-order valence-corrected chi connectivity index (χ3v) is 2.56. The number of carboxylic acids is 1. The summed E-state index contributed by atoms with van der Waals surface area (Å²) in [5.41, 5.74) is -0.735. The summed E-state index contributed by atoms with van der Waals surface area (Å²) in [6.45, 7) is -3.10. The summed E-state index contributed by atoms with van der Waals surface area (Å²) in [5.74, 6) is -1.80. The van der Waals surface area contributed by atoms with Crippen LogP contribution in [0.15, 0.2) is 12.1 Å². The second-order valence-corrected chi connectivity index (χ2v) is 3.75. The second kappa shape index (κ2) is 5.07. The Morgan fingerprint density at radius 2 is 2.19 bits per heavy atom. The van der Waals surface area contributed by atoms with Gasteiger partial charge in [0.1, 0.15) is 17.4 Å². The molecule has 4 nitrogen and oxygen atoms in total. The molecule has 0 aliphatic heterocycles. The molecule has 1 aromatic carbocycles. The number of carboxylic acid groups (broad SMARTS) is 1. The molecule has 0 spiro atoms. The molecule has 0 bridgehead atoms. The normalized spacial score (nSPS) is 9.94. The first-order chi connectivity index (χ1) is 7.47.